The number of carbonyl (C=O) groups is 2. The van der Waals surface area contributed by atoms with Crippen molar-refractivity contribution in [2.45, 2.75) is 32.5 Å². The smallest absolute Gasteiger partial charge is 0.323 e. The van der Waals surface area contributed by atoms with Crippen molar-refractivity contribution < 1.29 is 19.4 Å². The molecule has 3 N–H and O–H groups in total. The zero-order chi connectivity index (χ0) is 29.6. The Bertz CT molecular complexity index is 1540. The average Bonchev–Trinajstić information content (AvgIpc) is 2.99. The maximum Gasteiger partial charge on any atom is 0.323 e. The van der Waals surface area contributed by atoms with Crippen molar-refractivity contribution in [3.05, 3.63) is 102 Å². The number of hydrogen-bond acceptors (Lipinski definition) is 5. The van der Waals surface area contributed by atoms with Crippen molar-refractivity contribution in [1.29, 1.82) is 0 Å². The van der Waals surface area contributed by atoms with Gasteiger partial charge in [0, 0.05) is 36.6 Å². The van der Waals surface area contributed by atoms with E-state index in [0.29, 0.717) is 35.8 Å². The number of amides is 3. The summed E-state index contributed by atoms with van der Waals surface area (Å²) in [6.45, 7) is 5.61. The van der Waals surface area contributed by atoms with Crippen LogP contribution in [-0.2, 0) is 6.54 Å². The summed E-state index contributed by atoms with van der Waals surface area (Å²) in [7, 11) is 2.06. The lowest BCUT2D eigenvalue weighted by Gasteiger charge is -2.38. The molecule has 0 spiro atoms. The van der Waals surface area contributed by atoms with E-state index in [4.69, 9.17) is 4.74 Å². The van der Waals surface area contributed by atoms with E-state index < -0.39 is 6.03 Å². The van der Waals surface area contributed by atoms with Crippen molar-refractivity contribution in [1.82, 2.24) is 9.80 Å². The number of aliphatic hydroxyl groups excluding tert-OH is 1. The van der Waals surface area contributed by atoms with Crippen molar-refractivity contribution >= 4 is 34.1 Å². The molecule has 8 heteroatoms. The van der Waals surface area contributed by atoms with Crippen molar-refractivity contribution in [2.24, 2.45) is 5.92 Å². The fraction of sp³-hybridized carbons (Fsp3) is 0.294. The van der Waals surface area contributed by atoms with E-state index >= 15 is 0 Å². The predicted octanol–water partition coefficient (Wildman–Crippen LogP) is 5.84. The third-order valence-electron chi connectivity index (χ3n) is 7.75. The highest BCUT2D eigenvalue weighted by Crippen LogP contribution is 2.31. The topological polar surface area (TPSA) is 94.1 Å². The van der Waals surface area contributed by atoms with Crippen LogP contribution in [0.1, 0.15) is 29.8 Å². The normalized spacial score (nSPS) is 17.6. The fourth-order valence-corrected chi connectivity index (χ4v) is 5.40. The van der Waals surface area contributed by atoms with E-state index in [9.17, 15) is 14.7 Å². The first-order chi connectivity index (χ1) is 20.3. The summed E-state index contributed by atoms with van der Waals surface area (Å²) in [5.74, 6) is 0.228. The number of aliphatic hydroxyl groups is 1. The van der Waals surface area contributed by atoms with Gasteiger partial charge in [-0.1, -0.05) is 73.7 Å². The molecule has 4 aromatic carbocycles. The minimum Gasteiger partial charge on any atom is -0.488 e. The summed E-state index contributed by atoms with van der Waals surface area (Å²) in [6, 6.07) is 28.2. The maximum atomic E-state index is 13.8. The highest BCUT2D eigenvalue weighted by atomic mass is 16.5. The molecule has 0 aliphatic carbocycles. The standard InChI is InChI=1S/C34H38N4O4/c1-23-19-38(24(2)22-39)33(40)29-18-27(35-34(41)36-30-15-9-13-26-12-7-8-14-28(26)30)16-17-31(29)42-32(23)21-37(3)20-25-10-5-4-6-11-25/h4-18,23-24,32,39H,19-22H2,1-3H3,(H2,35,36,41)/t23-,24-,32+/m0/s1. The molecule has 0 fully saturated rings. The minimum atomic E-state index is -0.417. The predicted molar refractivity (Wildman–Crippen MR) is 167 cm³/mol. The second-order valence-corrected chi connectivity index (χ2v) is 11.1. The van der Waals surface area contributed by atoms with Gasteiger partial charge in [-0.15, -0.1) is 0 Å². The average molecular weight is 567 g/mol. The van der Waals surface area contributed by atoms with Gasteiger partial charge in [-0.25, -0.2) is 4.79 Å². The molecule has 0 saturated carbocycles. The van der Waals surface area contributed by atoms with Gasteiger partial charge in [-0.2, -0.15) is 0 Å². The minimum absolute atomic E-state index is 0.0126. The molecule has 218 valence electrons. The molecule has 0 saturated heterocycles. The number of carbonyl (C=O) groups excluding carboxylic acids is 2. The Labute approximate surface area is 246 Å². The molecule has 0 aromatic heterocycles. The Kier molecular flexibility index (Phi) is 9.05. The Morgan fingerprint density at radius 2 is 1.76 bits per heavy atom. The first kappa shape index (κ1) is 29.1. The van der Waals surface area contributed by atoms with Gasteiger partial charge in [-0.3, -0.25) is 9.69 Å². The van der Waals surface area contributed by atoms with Crippen LogP contribution >= 0.6 is 0 Å². The van der Waals surface area contributed by atoms with E-state index in [2.05, 4.69) is 41.6 Å². The summed E-state index contributed by atoms with van der Waals surface area (Å²) in [6.07, 6.45) is -0.201. The highest BCUT2D eigenvalue weighted by molar-refractivity contribution is 6.07. The van der Waals surface area contributed by atoms with Gasteiger partial charge >= 0.3 is 6.03 Å². The van der Waals surface area contributed by atoms with Gasteiger partial charge in [0.25, 0.3) is 5.91 Å². The molecule has 1 heterocycles. The number of fused-ring (bicyclic) bond motifs is 2. The van der Waals surface area contributed by atoms with Crippen molar-refractivity contribution in [2.75, 3.05) is 37.4 Å². The number of nitrogens with zero attached hydrogens (tertiary/aromatic N) is 2. The van der Waals surface area contributed by atoms with Crippen LogP contribution in [0.4, 0.5) is 16.2 Å². The van der Waals surface area contributed by atoms with Gasteiger partial charge in [-0.05, 0) is 49.2 Å². The summed E-state index contributed by atoms with van der Waals surface area (Å²) in [5, 5.41) is 17.7. The van der Waals surface area contributed by atoms with E-state index in [0.717, 1.165) is 17.3 Å². The third-order valence-corrected chi connectivity index (χ3v) is 7.75. The number of rotatable bonds is 8. The van der Waals surface area contributed by atoms with E-state index in [-0.39, 0.29) is 30.6 Å². The molecular formula is C34H38N4O4. The number of benzene rings is 4. The summed E-state index contributed by atoms with van der Waals surface area (Å²) in [5.41, 5.74) is 2.71. The summed E-state index contributed by atoms with van der Waals surface area (Å²) < 4.78 is 6.51. The molecule has 0 radical (unpaired) electrons. The lowest BCUT2D eigenvalue weighted by molar-refractivity contribution is 0.0341. The van der Waals surface area contributed by atoms with E-state index in [1.165, 1.54) is 5.56 Å². The molecule has 42 heavy (non-hydrogen) atoms. The Morgan fingerprint density at radius 3 is 2.55 bits per heavy atom. The molecule has 1 aliphatic rings. The van der Waals surface area contributed by atoms with Crippen LogP contribution in [-0.4, -0.2) is 65.7 Å². The second-order valence-electron chi connectivity index (χ2n) is 11.1. The largest absolute Gasteiger partial charge is 0.488 e. The molecule has 5 rings (SSSR count). The maximum absolute atomic E-state index is 13.8. The van der Waals surface area contributed by atoms with Gasteiger partial charge in [0.15, 0.2) is 0 Å². The van der Waals surface area contributed by atoms with Crippen molar-refractivity contribution in [3.8, 4) is 5.75 Å². The molecule has 3 amide bonds. The molecule has 0 bridgehead atoms. The summed E-state index contributed by atoms with van der Waals surface area (Å²) in [4.78, 5) is 30.7. The first-order valence-electron chi connectivity index (χ1n) is 14.3. The molecule has 8 nitrogen and oxygen atoms in total. The van der Waals surface area contributed by atoms with Crippen LogP contribution in [0.2, 0.25) is 0 Å². The lowest BCUT2D eigenvalue weighted by atomic mass is 9.99. The van der Waals surface area contributed by atoms with Gasteiger partial charge in [0.1, 0.15) is 11.9 Å². The Hall–Kier alpha value is -4.40. The Balaban J connectivity index is 1.37. The number of urea groups is 1. The monoisotopic (exact) mass is 566 g/mol. The third kappa shape index (κ3) is 6.73. The molecular weight excluding hydrogens is 528 g/mol. The fourth-order valence-electron chi connectivity index (χ4n) is 5.40. The van der Waals surface area contributed by atoms with Gasteiger partial charge in [0.05, 0.1) is 23.9 Å². The number of hydrogen-bond donors (Lipinski definition) is 3. The highest BCUT2D eigenvalue weighted by Gasteiger charge is 2.33. The van der Waals surface area contributed by atoms with Crippen LogP contribution in [0, 0.1) is 5.92 Å². The van der Waals surface area contributed by atoms with Crippen LogP contribution in [0.15, 0.2) is 91.0 Å². The molecule has 3 atom stereocenters. The van der Waals surface area contributed by atoms with Crippen LogP contribution in [0.3, 0.4) is 0 Å². The van der Waals surface area contributed by atoms with E-state index in [1.807, 2.05) is 67.6 Å². The van der Waals surface area contributed by atoms with Crippen LogP contribution in [0.5, 0.6) is 5.75 Å². The van der Waals surface area contributed by atoms with Gasteiger partial charge < -0.3 is 25.4 Å². The molecule has 0 unspecified atom stereocenters. The van der Waals surface area contributed by atoms with E-state index in [1.54, 1.807) is 23.1 Å². The number of anilines is 2. The summed E-state index contributed by atoms with van der Waals surface area (Å²) >= 11 is 0. The number of likely N-dealkylation sites (N-methyl/N-ethyl adjacent to an activating group) is 1. The number of ether oxygens (including phenoxy) is 1. The zero-order valence-electron chi connectivity index (χ0n) is 24.3. The Morgan fingerprint density at radius 1 is 1.02 bits per heavy atom. The van der Waals surface area contributed by atoms with Crippen LogP contribution in [0.25, 0.3) is 10.8 Å². The lowest BCUT2D eigenvalue weighted by Crippen LogP contribution is -2.49. The zero-order valence-corrected chi connectivity index (χ0v) is 24.3. The second kappa shape index (κ2) is 13.1. The van der Waals surface area contributed by atoms with Gasteiger partial charge in [0.2, 0.25) is 0 Å². The first-order valence-corrected chi connectivity index (χ1v) is 14.3. The quantitative estimate of drug-likeness (QED) is 0.249. The van der Waals surface area contributed by atoms with Crippen molar-refractivity contribution in [3.63, 3.8) is 0 Å². The molecule has 4 aromatic rings. The van der Waals surface area contributed by atoms with Crippen LogP contribution < -0.4 is 15.4 Å². The molecule has 1 aliphatic heterocycles. The SMILES string of the molecule is C[C@H]1CN([C@@H](C)CO)C(=O)c2cc(NC(=O)Nc3cccc4ccccc34)ccc2O[C@@H]1CN(C)Cc1ccccc1. The number of nitrogens with one attached hydrogen (secondary N) is 2.